The Morgan fingerprint density at radius 2 is 2.28 bits per heavy atom. The number of hydrogen-bond donors (Lipinski definition) is 2. The number of nitro groups is 1. The lowest BCUT2D eigenvalue weighted by Crippen LogP contribution is -2.11. The molecule has 0 saturated heterocycles. The molecule has 2 aromatic rings. The molecule has 0 spiro atoms. The third kappa shape index (κ3) is 2.11. The Hall–Kier alpha value is -2.19. The van der Waals surface area contributed by atoms with E-state index in [2.05, 4.69) is 15.5 Å². The maximum Gasteiger partial charge on any atom is 0.313 e. The molecule has 0 radical (unpaired) electrons. The van der Waals surface area contributed by atoms with Gasteiger partial charge in [0.15, 0.2) is 0 Å². The van der Waals surface area contributed by atoms with Crippen LogP contribution in [0.1, 0.15) is 5.69 Å². The van der Waals surface area contributed by atoms with Gasteiger partial charge >= 0.3 is 5.69 Å². The molecule has 0 atom stereocenters. The number of anilines is 1. The summed E-state index contributed by atoms with van der Waals surface area (Å²) in [7, 11) is 0. The first-order chi connectivity index (χ1) is 8.52. The number of rotatable bonds is 3. The molecule has 0 bridgehead atoms. The van der Waals surface area contributed by atoms with Crippen LogP contribution in [0.3, 0.4) is 0 Å². The van der Waals surface area contributed by atoms with Crippen molar-refractivity contribution in [3.05, 3.63) is 39.2 Å². The van der Waals surface area contributed by atoms with Crippen molar-refractivity contribution in [2.45, 2.75) is 6.92 Å². The van der Waals surface area contributed by atoms with Gasteiger partial charge in [0.1, 0.15) is 5.82 Å². The van der Waals surface area contributed by atoms with Crippen LogP contribution in [0.5, 0.6) is 0 Å². The van der Waals surface area contributed by atoms with Crippen molar-refractivity contribution in [2.75, 3.05) is 5.43 Å². The molecule has 0 aromatic carbocycles. The van der Waals surface area contributed by atoms with E-state index in [-0.39, 0.29) is 11.5 Å². The van der Waals surface area contributed by atoms with E-state index in [1.165, 1.54) is 23.0 Å². The Balaban J connectivity index is 2.63. The second kappa shape index (κ2) is 4.59. The number of nitrogens with one attached hydrogen (secondary N) is 1. The van der Waals surface area contributed by atoms with Crippen LogP contribution < -0.4 is 11.3 Å². The Kier molecular flexibility index (Phi) is 3.13. The number of nitrogens with two attached hydrogens (primary N) is 1. The standard InChI is InChI=1S/C9H9ClN6O2/c1-5-6(10)4-15(14-5)9-7(16(17)18)2-3-8(12-9)13-11/h2-4H,11H2,1H3,(H,12,13). The second-order valence-electron chi connectivity index (χ2n) is 3.45. The van der Waals surface area contributed by atoms with Crippen LogP contribution >= 0.6 is 11.6 Å². The van der Waals surface area contributed by atoms with E-state index < -0.39 is 4.92 Å². The summed E-state index contributed by atoms with van der Waals surface area (Å²) in [6.45, 7) is 1.69. The smallest absolute Gasteiger partial charge is 0.308 e. The van der Waals surface area contributed by atoms with Crippen molar-refractivity contribution in [1.29, 1.82) is 0 Å². The van der Waals surface area contributed by atoms with Gasteiger partial charge in [-0.2, -0.15) is 5.10 Å². The lowest BCUT2D eigenvalue weighted by molar-refractivity contribution is -0.384. The summed E-state index contributed by atoms with van der Waals surface area (Å²) in [6, 6.07) is 2.70. The van der Waals surface area contributed by atoms with Gasteiger partial charge in [-0.15, -0.1) is 0 Å². The Morgan fingerprint density at radius 1 is 1.56 bits per heavy atom. The molecule has 0 saturated carbocycles. The molecule has 0 unspecified atom stereocenters. The van der Waals surface area contributed by atoms with Crippen molar-refractivity contribution >= 4 is 23.1 Å². The zero-order chi connectivity index (χ0) is 13.3. The van der Waals surface area contributed by atoms with Gasteiger partial charge in [0.2, 0.25) is 5.82 Å². The quantitative estimate of drug-likeness (QED) is 0.495. The molecular weight excluding hydrogens is 260 g/mol. The number of pyridine rings is 1. The summed E-state index contributed by atoms with van der Waals surface area (Å²) in [4.78, 5) is 14.4. The van der Waals surface area contributed by atoms with Crippen LogP contribution in [0.4, 0.5) is 11.5 Å². The molecule has 0 aliphatic rings. The second-order valence-corrected chi connectivity index (χ2v) is 3.85. The van der Waals surface area contributed by atoms with E-state index in [0.29, 0.717) is 16.5 Å². The number of aromatic nitrogens is 3. The van der Waals surface area contributed by atoms with E-state index in [0.717, 1.165) is 0 Å². The average Bonchev–Trinajstić information content (AvgIpc) is 2.68. The summed E-state index contributed by atoms with van der Waals surface area (Å²) in [5.74, 6) is 5.56. The lowest BCUT2D eigenvalue weighted by atomic mass is 10.4. The van der Waals surface area contributed by atoms with Gasteiger partial charge in [-0.3, -0.25) is 10.1 Å². The predicted molar refractivity (Wildman–Crippen MR) is 65.6 cm³/mol. The predicted octanol–water partition coefficient (Wildman–Crippen LogP) is 1.42. The summed E-state index contributed by atoms with van der Waals surface area (Å²) in [5, 5.41) is 15.4. The highest BCUT2D eigenvalue weighted by Gasteiger charge is 2.19. The Labute approximate surface area is 106 Å². The maximum atomic E-state index is 10.9. The van der Waals surface area contributed by atoms with Gasteiger partial charge < -0.3 is 5.43 Å². The van der Waals surface area contributed by atoms with Crippen LogP contribution in [0.25, 0.3) is 5.82 Å². The molecule has 3 N–H and O–H groups in total. The molecular formula is C9H9ClN6O2. The lowest BCUT2D eigenvalue weighted by Gasteiger charge is -2.04. The number of aryl methyl sites for hydroxylation is 1. The van der Waals surface area contributed by atoms with E-state index in [4.69, 9.17) is 17.4 Å². The summed E-state index contributed by atoms with van der Waals surface area (Å²) in [5.41, 5.74) is 2.68. The molecule has 0 aliphatic heterocycles. The summed E-state index contributed by atoms with van der Waals surface area (Å²) >= 11 is 5.86. The third-order valence-electron chi connectivity index (χ3n) is 2.26. The van der Waals surface area contributed by atoms with Gasteiger partial charge in [-0.1, -0.05) is 11.6 Å². The van der Waals surface area contributed by atoms with E-state index in [1.54, 1.807) is 6.92 Å². The fourth-order valence-electron chi connectivity index (χ4n) is 1.38. The molecule has 18 heavy (non-hydrogen) atoms. The number of nitrogen functional groups attached to an aromatic ring is 1. The molecule has 94 valence electrons. The number of hydrogen-bond acceptors (Lipinski definition) is 6. The molecule has 9 heteroatoms. The molecule has 0 aliphatic carbocycles. The normalized spacial score (nSPS) is 10.4. The van der Waals surface area contributed by atoms with Crippen molar-refractivity contribution in [2.24, 2.45) is 5.84 Å². The molecule has 8 nitrogen and oxygen atoms in total. The van der Waals surface area contributed by atoms with Gasteiger partial charge in [-0.05, 0) is 13.0 Å². The minimum Gasteiger partial charge on any atom is -0.308 e. The Morgan fingerprint density at radius 3 is 2.78 bits per heavy atom. The van der Waals surface area contributed by atoms with Gasteiger partial charge in [-0.25, -0.2) is 15.5 Å². The van der Waals surface area contributed by atoms with Crippen molar-refractivity contribution in [3.8, 4) is 5.82 Å². The molecule has 2 rings (SSSR count). The first-order valence-electron chi connectivity index (χ1n) is 4.87. The highest BCUT2D eigenvalue weighted by molar-refractivity contribution is 6.31. The molecule has 2 heterocycles. The highest BCUT2D eigenvalue weighted by Crippen LogP contribution is 2.24. The van der Waals surface area contributed by atoms with Crippen LogP contribution in [0.2, 0.25) is 5.02 Å². The SMILES string of the molecule is Cc1nn(-c2nc(NN)ccc2[N+](=O)[O-])cc1Cl. The minimum absolute atomic E-state index is 0.0467. The number of nitrogens with zero attached hydrogens (tertiary/aromatic N) is 4. The van der Waals surface area contributed by atoms with Crippen molar-refractivity contribution < 1.29 is 4.92 Å². The number of hydrazine groups is 1. The first-order valence-corrected chi connectivity index (χ1v) is 5.25. The van der Waals surface area contributed by atoms with Crippen LogP contribution in [-0.2, 0) is 0 Å². The Bertz CT molecular complexity index is 592. The van der Waals surface area contributed by atoms with Crippen LogP contribution in [0.15, 0.2) is 18.3 Å². The third-order valence-corrected chi connectivity index (χ3v) is 2.63. The van der Waals surface area contributed by atoms with Gasteiger partial charge in [0.05, 0.1) is 21.8 Å². The van der Waals surface area contributed by atoms with Crippen molar-refractivity contribution in [1.82, 2.24) is 14.8 Å². The van der Waals surface area contributed by atoms with E-state index in [1.807, 2.05) is 0 Å². The van der Waals surface area contributed by atoms with Gasteiger partial charge in [0.25, 0.3) is 0 Å². The van der Waals surface area contributed by atoms with Gasteiger partial charge in [0, 0.05) is 6.07 Å². The van der Waals surface area contributed by atoms with E-state index in [9.17, 15) is 10.1 Å². The topological polar surface area (TPSA) is 112 Å². The van der Waals surface area contributed by atoms with E-state index >= 15 is 0 Å². The minimum atomic E-state index is -0.548. The highest BCUT2D eigenvalue weighted by atomic mass is 35.5. The monoisotopic (exact) mass is 268 g/mol. The fraction of sp³-hybridized carbons (Fsp3) is 0.111. The molecule has 0 fully saturated rings. The molecule has 2 aromatic heterocycles. The summed E-state index contributed by atoms with van der Waals surface area (Å²) in [6.07, 6.45) is 1.45. The van der Waals surface area contributed by atoms with Crippen molar-refractivity contribution in [3.63, 3.8) is 0 Å². The maximum absolute atomic E-state index is 10.9. The zero-order valence-electron chi connectivity index (χ0n) is 9.29. The average molecular weight is 269 g/mol. The zero-order valence-corrected chi connectivity index (χ0v) is 10.0. The first kappa shape index (κ1) is 12.3. The largest absolute Gasteiger partial charge is 0.313 e. The fourth-order valence-corrected chi connectivity index (χ4v) is 1.51. The number of halogens is 1. The molecule has 0 amide bonds. The van der Waals surface area contributed by atoms with Crippen LogP contribution in [-0.4, -0.2) is 19.7 Å². The van der Waals surface area contributed by atoms with Crippen LogP contribution in [0, 0.1) is 17.0 Å². The summed E-state index contributed by atoms with van der Waals surface area (Å²) < 4.78 is 1.25.